The van der Waals surface area contributed by atoms with Gasteiger partial charge in [-0.1, -0.05) is 43.3 Å². The van der Waals surface area contributed by atoms with Gasteiger partial charge in [-0.25, -0.2) is 9.59 Å². The summed E-state index contributed by atoms with van der Waals surface area (Å²) in [5.74, 6) is -0.506. The lowest BCUT2D eigenvalue weighted by Gasteiger charge is -2.28. The first kappa shape index (κ1) is 19.2. The molecule has 0 saturated carbocycles. The van der Waals surface area contributed by atoms with Crippen molar-refractivity contribution in [1.82, 2.24) is 5.32 Å². The van der Waals surface area contributed by atoms with Crippen molar-refractivity contribution in [2.75, 3.05) is 11.9 Å². The number of anilines is 1. The average Bonchev–Trinajstić information content (AvgIpc) is 2.54. The lowest BCUT2D eigenvalue weighted by Crippen LogP contribution is -2.54. The van der Waals surface area contributed by atoms with Crippen LogP contribution in [-0.2, 0) is 9.53 Å². The van der Waals surface area contributed by atoms with Crippen molar-refractivity contribution in [3.63, 3.8) is 0 Å². The van der Waals surface area contributed by atoms with E-state index in [1.165, 1.54) is 12.3 Å². The van der Waals surface area contributed by atoms with Crippen molar-refractivity contribution in [3.8, 4) is 0 Å². The van der Waals surface area contributed by atoms with Crippen LogP contribution in [-0.4, -0.2) is 35.6 Å². The van der Waals surface area contributed by atoms with Crippen LogP contribution in [0.1, 0.15) is 32.3 Å². The number of esters is 1. The minimum Gasteiger partial charge on any atom is -0.460 e. The van der Waals surface area contributed by atoms with Crippen molar-refractivity contribution in [2.24, 2.45) is 5.16 Å². The quantitative estimate of drug-likeness (QED) is 0.224. The van der Waals surface area contributed by atoms with Gasteiger partial charge in [0.05, 0.1) is 6.21 Å². The molecule has 2 amide bonds. The van der Waals surface area contributed by atoms with Gasteiger partial charge in [-0.05, 0) is 31.0 Å². The summed E-state index contributed by atoms with van der Waals surface area (Å²) in [6.45, 7) is 7.13. The van der Waals surface area contributed by atoms with Gasteiger partial charge >= 0.3 is 12.0 Å². The zero-order chi connectivity index (χ0) is 18.0. The number of hydrogen-bond acceptors (Lipinski definition) is 5. The molecule has 1 aromatic rings. The lowest BCUT2D eigenvalue weighted by atomic mass is 9.96. The molecule has 24 heavy (non-hydrogen) atoms. The summed E-state index contributed by atoms with van der Waals surface area (Å²) in [6.07, 6.45) is 3.90. The third kappa shape index (κ3) is 5.75. The Bertz CT molecular complexity index is 598. The molecule has 0 aromatic heterocycles. The second kappa shape index (κ2) is 9.34. The summed E-state index contributed by atoms with van der Waals surface area (Å²) in [7, 11) is 0. The molecule has 0 fully saturated rings. The number of rotatable bonds is 8. The number of amides is 2. The van der Waals surface area contributed by atoms with Crippen LogP contribution in [0.25, 0.3) is 0 Å². The zero-order valence-electron chi connectivity index (χ0n) is 13.9. The van der Waals surface area contributed by atoms with Crippen LogP contribution >= 0.6 is 0 Å². The molecule has 7 nitrogen and oxygen atoms in total. The molecule has 0 aliphatic heterocycles. The van der Waals surface area contributed by atoms with Crippen LogP contribution in [0.5, 0.6) is 0 Å². The van der Waals surface area contributed by atoms with Crippen LogP contribution in [0.15, 0.2) is 42.1 Å². The SMILES string of the molecule is C=CCOC(=O)C(C)(CCC)NC(=O)Nc1ccc(C=NO)cc1. The Hall–Kier alpha value is -2.83. The van der Waals surface area contributed by atoms with Gasteiger partial charge in [0.1, 0.15) is 12.1 Å². The average molecular weight is 333 g/mol. The smallest absolute Gasteiger partial charge is 0.331 e. The molecule has 0 saturated heterocycles. The third-order valence-electron chi connectivity index (χ3n) is 3.30. The standard InChI is InChI=1S/C17H23N3O4/c1-4-10-17(3,15(21)24-11-5-2)20-16(22)19-14-8-6-13(7-9-14)12-18-23/h5-9,12,23H,2,4,10-11H2,1,3H3,(H2,19,20,22). The first-order valence-electron chi connectivity index (χ1n) is 7.60. The molecular formula is C17H23N3O4. The molecule has 0 aliphatic carbocycles. The van der Waals surface area contributed by atoms with Crippen molar-refractivity contribution in [3.05, 3.63) is 42.5 Å². The normalized spacial score (nSPS) is 13.1. The van der Waals surface area contributed by atoms with E-state index >= 15 is 0 Å². The van der Waals surface area contributed by atoms with Crippen molar-refractivity contribution >= 4 is 23.9 Å². The third-order valence-corrected chi connectivity index (χ3v) is 3.30. The number of urea groups is 1. The maximum Gasteiger partial charge on any atom is 0.331 e. The van der Waals surface area contributed by atoms with E-state index < -0.39 is 17.5 Å². The number of carbonyl (C=O) groups is 2. The topological polar surface area (TPSA) is 100 Å². The second-order valence-electron chi connectivity index (χ2n) is 5.41. The second-order valence-corrected chi connectivity index (χ2v) is 5.41. The number of nitrogens with zero attached hydrogens (tertiary/aromatic N) is 1. The van der Waals surface area contributed by atoms with E-state index in [9.17, 15) is 9.59 Å². The highest BCUT2D eigenvalue weighted by atomic mass is 16.5. The molecular weight excluding hydrogens is 310 g/mol. The van der Waals surface area contributed by atoms with E-state index in [-0.39, 0.29) is 6.61 Å². The molecule has 1 atom stereocenters. The van der Waals surface area contributed by atoms with Gasteiger partial charge in [-0.3, -0.25) is 0 Å². The fourth-order valence-corrected chi connectivity index (χ4v) is 2.14. The van der Waals surface area contributed by atoms with Crippen LogP contribution in [0.2, 0.25) is 0 Å². The predicted molar refractivity (Wildman–Crippen MR) is 92.4 cm³/mol. The molecule has 130 valence electrons. The summed E-state index contributed by atoms with van der Waals surface area (Å²) in [4.78, 5) is 24.3. The Kier molecular flexibility index (Phi) is 7.48. The fraction of sp³-hybridized carbons (Fsp3) is 0.353. The van der Waals surface area contributed by atoms with Gasteiger partial charge in [0.15, 0.2) is 0 Å². The maximum absolute atomic E-state index is 12.2. The van der Waals surface area contributed by atoms with Crippen LogP contribution in [0, 0.1) is 0 Å². The minimum atomic E-state index is -1.12. The summed E-state index contributed by atoms with van der Waals surface area (Å²) in [5.41, 5.74) is 0.110. The van der Waals surface area contributed by atoms with Crippen molar-refractivity contribution in [1.29, 1.82) is 0 Å². The first-order valence-corrected chi connectivity index (χ1v) is 7.60. The van der Waals surface area contributed by atoms with E-state index in [1.54, 1.807) is 31.2 Å². The molecule has 1 unspecified atom stereocenters. The van der Waals surface area contributed by atoms with Crippen LogP contribution in [0.3, 0.4) is 0 Å². The Morgan fingerprint density at radius 1 is 1.38 bits per heavy atom. The first-order chi connectivity index (χ1) is 11.4. The van der Waals surface area contributed by atoms with E-state index in [4.69, 9.17) is 9.94 Å². The van der Waals surface area contributed by atoms with Crippen LogP contribution in [0.4, 0.5) is 10.5 Å². The largest absolute Gasteiger partial charge is 0.460 e. The Morgan fingerprint density at radius 2 is 2.04 bits per heavy atom. The molecule has 7 heteroatoms. The molecule has 0 heterocycles. The zero-order valence-corrected chi connectivity index (χ0v) is 13.9. The van der Waals surface area contributed by atoms with Gasteiger partial charge in [-0.15, -0.1) is 0 Å². The molecule has 0 spiro atoms. The van der Waals surface area contributed by atoms with E-state index in [0.29, 0.717) is 24.1 Å². The van der Waals surface area contributed by atoms with E-state index in [1.807, 2.05) is 6.92 Å². The minimum absolute atomic E-state index is 0.0926. The van der Waals surface area contributed by atoms with Crippen molar-refractivity contribution in [2.45, 2.75) is 32.2 Å². The number of nitrogens with one attached hydrogen (secondary N) is 2. The predicted octanol–water partition coefficient (Wildman–Crippen LogP) is 2.90. The Balaban J connectivity index is 2.73. The Morgan fingerprint density at radius 3 is 2.58 bits per heavy atom. The highest BCUT2D eigenvalue weighted by Crippen LogP contribution is 2.16. The number of oxime groups is 1. The summed E-state index contributed by atoms with van der Waals surface area (Å²) >= 11 is 0. The molecule has 1 rings (SSSR count). The van der Waals surface area contributed by atoms with Gasteiger partial charge in [0.2, 0.25) is 0 Å². The van der Waals surface area contributed by atoms with Crippen LogP contribution < -0.4 is 10.6 Å². The number of ether oxygens (including phenoxy) is 1. The molecule has 0 bridgehead atoms. The molecule has 1 aromatic carbocycles. The van der Waals surface area contributed by atoms with Crippen molar-refractivity contribution < 1.29 is 19.5 Å². The molecule has 0 radical (unpaired) electrons. The number of carbonyl (C=O) groups excluding carboxylic acids is 2. The van der Waals surface area contributed by atoms with E-state index in [2.05, 4.69) is 22.4 Å². The fourth-order valence-electron chi connectivity index (χ4n) is 2.14. The van der Waals surface area contributed by atoms with Gasteiger partial charge < -0.3 is 20.6 Å². The monoisotopic (exact) mass is 333 g/mol. The maximum atomic E-state index is 12.2. The van der Waals surface area contributed by atoms with Gasteiger partial charge in [-0.2, -0.15) is 0 Å². The number of hydrogen-bond donors (Lipinski definition) is 3. The summed E-state index contributed by atoms with van der Waals surface area (Å²) < 4.78 is 5.06. The molecule has 3 N–H and O–H groups in total. The Labute approximate surface area is 141 Å². The molecule has 0 aliphatic rings. The number of benzene rings is 1. The lowest BCUT2D eigenvalue weighted by molar-refractivity contribution is -0.149. The summed E-state index contributed by atoms with van der Waals surface area (Å²) in [6, 6.07) is 6.16. The highest BCUT2D eigenvalue weighted by molar-refractivity contribution is 5.94. The van der Waals surface area contributed by atoms with Gasteiger partial charge in [0, 0.05) is 5.69 Å². The van der Waals surface area contributed by atoms with Gasteiger partial charge in [0.25, 0.3) is 0 Å². The highest BCUT2D eigenvalue weighted by Gasteiger charge is 2.35. The summed E-state index contributed by atoms with van der Waals surface area (Å²) in [5, 5.41) is 16.7. The van der Waals surface area contributed by atoms with E-state index in [0.717, 1.165) is 0 Å².